The number of halogens is 1. The Morgan fingerprint density at radius 3 is 2.58 bits per heavy atom. The van der Waals surface area contributed by atoms with Gasteiger partial charge in [-0.25, -0.2) is 9.18 Å². The second-order valence-corrected chi connectivity index (χ2v) is 6.51. The smallest absolute Gasteiger partial charge is 0.321 e. The van der Waals surface area contributed by atoms with E-state index in [-0.39, 0.29) is 28.7 Å². The van der Waals surface area contributed by atoms with Crippen LogP contribution in [0.1, 0.15) is 32.8 Å². The van der Waals surface area contributed by atoms with Gasteiger partial charge < -0.3 is 14.5 Å². The van der Waals surface area contributed by atoms with Crippen molar-refractivity contribution in [2.75, 3.05) is 5.75 Å². The zero-order chi connectivity index (χ0) is 19.1. The Balaban J connectivity index is 1.82. The van der Waals surface area contributed by atoms with E-state index in [1.54, 1.807) is 20.8 Å². The molecule has 0 spiro atoms. The first kappa shape index (κ1) is 19.7. The highest BCUT2D eigenvalue weighted by Gasteiger charge is 2.17. The number of imide groups is 1. The number of carbonyl (C=O) groups is 2. The van der Waals surface area contributed by atoms with Crippen LogP contribution in [0.5, 0.6) is 5.75 Å². The third-order valence-electron chi connectivity index (χ3n) is 2.90. The molecule has 0 aliphatic rings. The van der Waals surface area contributed by atoms with Gasteiger partial charge in [0.25, 0.3) is 11.1 Å². The molecule has 1 heterocycles. The SMILES string of the molecule is CC(C)NC(=O)NC(=O)CSc1nnc([C@H](C)Oc2ccc(F)cc2)o1. The van der Waals surface area contributed by atoms with Gasteiger partial charge in [0.05, 0.1) is 5.75 Å². The van der Waals surface area contributed by atoms with Crippen LogP contribution >= 0.6 is 11.8 Å². The maximum Gasteiger partial charge on any atom is 0.321 e. The molecule has 10 heteroatoms. The molecule has 0 unspecified atom stereocenters. The van der Waals surface area contributed by atoms with E-state index in [0.29, 0.717) is 5.75 Å². The number of carbonyl (C=O) groups excluding carboxylic acids is 2. The van der Waals surface area contributed by atoms with Crippen LogP contribution in [0.25, 0.3) is 0 Å². The van der Waals surface area contributed by atoms with Crippen LogP contribution < -0.4 is 15.4 Å². The first-order valence-corrected chi connectivity index (χ1v) is 8.81. The minimum atomic E-state index is -0.557. The lowest BCUT2D eigenvalue weighted by atomic mass is 10.3. The van der Waals surface area contributed by atoms with E-state index in [4.69, 9.17) is 9.15 Å². The molecule has 8 nitrogen and oxygen atoms in total. The van der Waals surface area contributed by atoms with Gasteiger partial charge in [0, 0.05) is 6.04 Å². The fraction of sp³-hybridized carbons (Fsp3) is 0.375. The summed E-state index contributed by atoms with van der Waals surface area (Å²) in [5.74, 6) is -0.220. The Morgan fingerprint density at radius 2 is 1.92 bits per heavy atom. The lowest BCUT2D eigenvalue weighted by molar-refractivity contribution is -0.117. The molecule has 0 aliphatic heterocycles. The van der Waals surface area contributed by atoms with E-state index in [9.17, 15) is 14.0 Å². The zero-order valence-corrected chi connectivity index (χ0v) is 15.3. The quantitative estimate of drug-likeness (QED) is 0.709. The summed E-state index contributed by atoms with van der Waals surface area (Å²) in [6.45, 7) is 5.27. The number of urea groups is 1. The van der Waals surface area contributed by atoms with Crippen LogP contribution in [-0.4, -0.2) is 33.9 Å². The number of benzene rings is 1. The standard InChI is InChI=1S/C16H19FN4O4S/c1-9(2)18-15(23)19-13(22)8-26-16-21-20-14(25-16)10(3)24-12-6-4-11(17)5-7-12/h4-7,9-10H,8H2,1-3H3,(H2,18,19,22,23)/t10-/m0/s1. The van der Waals surface area contributed by atoms with Crippen molar-refractivity contribution in [3.8, 4) is 5.75 Å². The van der Waals surface area contributed by atoms with E-state index in [2.05, 4.69) is 20.8 Å². The third-order valence-corrected chi connectivity index (χ3v) is 3.71. The fourth-order valence-corrected chi connectivity index (χ4v) is 2.37. The molecule has 2 N–H and O–H groups in total. The van der Waals surface area contributed by atoms with E-state index >= 15 is 0 Å². The van der Waals surface area contributed by atoms with Crippen molar-refractivity contribution in [3.05, 3.63) is 36.0 Å². The van der Waals surface area contributed by atoms with E-state index in [0.717, 1.165) is 11.8 Å². The molecule has 0 saturated heterocycles. The molecule has 1 atom stereocenters. The summed E-state index contributed by atoms with van der Waals surface area (Å²) in [5.41, 5.74) is 0. The Labute approximate surface area is 153 Å². The normalized spacial score (nSPS) is 11.9. The van der Waals surface area contributed by atoms with Gasteiger partial charge in [0.15, 0.2) is 6.10 Å². The summed E-state index contributed by atoms with van der Waals surface area (Å²) in [7, 11) is 0. The van der Waals surface area contributed by atoms with Crippen molar-refractivity contribution in [1.29, 1.82) is 0 Å². The highest BCUT2D eigenvalue weighted by atomic mass is 32.2. The van der Waals surface area contributed by atoms with Crippen LogP contribution in [0.15, 0.2) is 33.9 Å². The molecule has 0 aliphatic carbocycles. The minimum absolute atomic E-state index is 0.0552. The highest BCUT2D eigenvalue weighted by molar-refractivity contribution is 7.99. The molecule has 1 aromatic heterocycles. The Kier molecular flexibility index (Phi) is 6.96. The molecular weight excluding hydrogens is 363 g/mol. The van der Waals surface area contributed by atoms with E-state index in [1.165, 1.54) is 24.3 Å². The molecular formula is C16H19FN4O4S. The van der Waals surface area contributed by atoms with Gasteiger partial charge in [-0.05, 0) is 45.0 Å². The Hall–Kier alpha value is -2.62. The molecule has 2 aromatic rings. The number of rotatable bonds is 7. The Morgan fingerprint density at radius 1 is 1.23 bits per heavy atom. The van der Waals surface area contributed by atoms with Crippen LogP contribution in [0.2, 0.25) is 0 Å². The molecule has 140 valence electrons. The largest absolute Gasteiger partial charge is 0.481 e. The van der Waals surface area contributed by atoms with Crippen molar-refractivity contribution in [2.45, 2.75) is 38.1 Å². The number of thioether (sulfide) groups is 1. The number of amides is 3. The molecule has 0 fully saturated rings. The maximum absolute atomic E-state index is 12.9. The van der Waals surface area contributed by atoms with Crippen molar-refractivity contribution in [1.82, 2.24) is 20.8 Å². The van der Waals surface area contributed by atoms with Crippen molar-refractivity contribution >= 4 is 23.7 Å². The van der Waals surface area contributed by atoms with Crippen LogP contribution in [-0.2, 0) is 4.79 Å². The van der Waals surface area contributed by atoms with Gasteiger partial charge >= 0.3 is 6.03 Å². The van der Waals surface area contributed by atoms with Crippen LogP contribution in [0.3, 0.4) is 0 Å². The second kappa shape index (κ2) is 9.18. The number of hydrogen-bond acceptors (Lipinski definition) is 7. The lowest BCUT2D eigenvalue weighted by Gasteiger charge is -2.10. The number of hydrogen-bond donors (Lipinski definition) is 2. The summed E-state index contributed by atoms with van der Waals surface area (Å²) < 4.78 is 23.9. The monoisotopic (exact) mass is 382 g/mol. The predicted molar refractivity (Wildman–Crippen MR) is 92.3 cm³/mol. The fourth-order valence-electron chi connectivity index (χ4n) is 1.80. The Bertz CT molecular complexity index is 751. The van der Waals surface area contributed by atoms with Crippen LogP contribution in [0, 0.1) is 5.82 Å². The molecule has 3 amide bonds. The molecule has 0 bridgehead atoms. The maximum atomic E-state index is 12.9. The predicted octanol–water partition coefficient (Wildman–Crippen LogP) is 2.68. The van der Waals surface area contributed by atoms with Crippen LogP contribution in [0.4, 0.5) is 9.18 Å². The van der Waals surface area contributed by atoms with Crippen molar-refractivity contribution < 1.29 is 23.1 Å². The molecule has 26 heavy (non-hydrogen) atoms. The molecule has 1 aromatic carbocycles. The third kappa shape index (κ3) is 6.36. The van der Waals surface area contributed by atoms with Crippen molar-refractivity contribution in [3.63, 3.8) is 0 Å². The van der Waals surface area contributed by atoms with Gasteiger partial charge in [-0.3, -0.25) is 10.1 Å². The molecule has 2 rings (SSSR count). The second-order valence-electron chi connectivity index (χ2n) is 5.59. The molecule has 0 saturated carbocycles. The average molecular weight is 382 g/mol. The molecule has 0 radical (unpaired) electrons. The number of ether oxygens (including phenoxy) is 1. The van der Waals surface area contributed by atoms with Gasteiger partial charge in [-0.1, -0.05) is 11.8 Å². The topological polar surface area (TPSA) is 106 Å². The van der Waals surface area contributed by atoms with Gasteiger partial charge in [-0.15, -0.1) is 10.2 Å². The van der Waals surface area contributed by atoms with E-state index in [1.807, 2.05) is 0 Å². The number of nitrogens with zero attached hydrogens (tertiary/aromatic N) is 2. The lowest BCUT2D eigenvalue weighted by Crippen LogP contribution is -2.43. The first-order valence-electron chi connectivity index (χ1n) is 7.82. The van der Waals surface area contributed by atoms with Gasteiger partial charge in [0.1, 0.15) is 11.6 Å². The first-order chi connectivity index (χ1) is 12.3. The summed E-state index contributed by atoms with van der Waals surface area (Å²) in [6.07, 6.45) is -0.548. The zero-order valence-electron chi connectivity index (χ0n) is 14.5. The summed E-state index contributed by atoms with van der Waals surface area (Å²) >= 11 is 0.998. The summed E-state index contributed by atoms with van der Waals surface area (Å²) in [4.78, 5) is 23.1. The number of aromatic nitrogens is 2. The summed E-state index contributed by atoms with van der Waals surface area (Å²) in [5, 5.41) is 12.6. The van der Waals surface area contributed by atoms with E-state index < -0.39 is 18.0 Å². The van der Waals surface area contributed by atoms with Gasteiger partial charge in [-0.2, -0.15) is 0 Å². The summed E-state index contributed by atoms with van der Waals surface area (Å²) in [6, 6.07) is 4.92. The minimum Gasteiger partial charge on any atom is -0.481 e. The van der Waals surface area contributed by atoms with Crippen molar-refractivity contribution in [2.24, 2.45) is 0 Å². The highest BCUT2D eigenvalue weighted by Crippen LogP contribution is 2.23. The number of nitrogens with one attached hydrogen (secondary N) is 2. The average Bonchev–Trinajstić information content (AvgIpc) is 3.03. The van der Waals surface area contributed by atoms with Gasteiger partial charge in [0.2, 0.25) is 5.91 Å².